The Labute approximate surface area is 116 Å². The lowest BCUT2D eigenvalue weighted by atomic mass is 10.2. The molecule has 0 fully saturated rings. The molecule has 7 heteroatoms. The minimum atomic E-state index is -1.14. The van der Waals surface area contributed by atoms with Crippen molar-refractivity contribution in [1.29, 1.82) is 0 Å². The number of aromatic carboxylic acids is 1. The van der Waals surface area contributed by atoms with Gasteiger partial charge in [0.05, 0.1) is 11.3 Å². The van der Waals surface area contributed by atoms with E-state index in [0.29, 0.717) is 4.47 Å². The van der Waals surface area contributed by atoms with E-state index in [2.05, 4.69) is 20.9 Å². The molecule has 2 aromatic rings. The minimum absolute atomic E-state index is 0.0162. The highest BCUT2D eigenvalue weighted by molar-refractivity contribution is 9.10. The highest BCUT2D eigenvalue weighted by Crippen LogP contribution is 2.28. The summed E-state index contributed by atoms with van der Waals surface area (Å²) in [5, 5.41) is 8.77. The van der Waals surface area contributed by atoms with Crippen LogP contribution in [-0.2, 0) is 0 Å². The Morgan fingerprint density at radius 1 is 1.37 bits per heavy atom. The SMILES string of the molecule is Nc1cc(C(=O)O)cnc1Oc1cc(F)cc(Br)c1. The Hall–Kier alpha value is -2.15. The number of nitrogens with zero attached hydrogens (tertiary/aromatic N) is 1. The molecule has 0 spiro atoms. The summed E-state index contributed by atoms with van der Waals surface area (Å²) in [6, 6.07) is 5.20. The lowest BCUT2D eigenvalue weighted by molar-refractivity contribution is 0.0696. The van der Waals surface area contributed by atoms with Gasteiger partial charge in [-0.2, -0.15) is 0 Å². The van der Waals surface area contributed by atoms with Gasteiger partial charge in [0, 0.05) is 16.7 Å². The van der Waals surface area contributed by atoms with Crippen molar-refractivity contribution >= 4 is 27.6 Å². The summed E-state index contributed by atoms with van der Waals surface area (Å²) in [5.74, 6) is -1.40. The number of rotatable bonds is 3. The first-order chi connectivity index (χ1) is 8.95. The molecule has 0 amide bonds. The molecule has 1 heterocycles. The molecular weight excluding hydrogens is 319 g/mol. The van der Waals surface area contributed by atoms with Crippen molar-refractivity contribution < 1.29 is 19.0 Å². The van der Waals surface area contributed by atoms with Crippen molar-refractivity contribution in [3.63, 3.8) is 0 Å². The van der Waals surface area contributed by atoms with Gasteiger partial charge in [-0.3, -0.25) is 0 Å². The maximum Gasteiger partial charge on any atom is 0.337 e. The van der Waals surface area contributed by atoms with E-state index in [1.165, 1.54) is 18.2 Å². The molecule has 0 atom stereocenters. The van der Waals surface area contributed by atoms with Crippen LogP contribution in [0.1, 0.15) is 10.4 Å². The van der Waals surface area contributed by atoms with Crippen LogP contribution in [0.4, 0.5) is 10.1 Å². The third kappa shape index (κ3) is 3.19. The minimum Gasteiger partial charge on any atom is -0.478 e. The fraction of sp³-hybridized carbons (Fsp3) is 0. The van der Waals surface area contributed by atoms with Gasteiger partial charge < -0.3 is 15.6 Å². The average molecular weight is 327 g/mol. The van der Waals surface area contributed by atoms with Crippen molar-refractivity contribution in [2.24, 2.45) is 0 Å². The van der Waals surface area contributed by atoms with Crippen LogP contribution in [0.5, 0.6) is 11.6 Å². The molecule has 3 N–H and O–H groups in total. The highest BCUT2D eigenvalue weighted by Gasteiger charge is 2.10. The molecule has 0 bridgehead atoms. The van der Waals surface area contributed by atoms with E-state index in [-0.39, 0.29) is 22.9 Å². The average Bonchev–Trinajstić information content (AvgIpc) is 2.30. The molecule has 0 aliphatic heterocycles. The molecular formula is C12H8BrFN2O3. The zero-order chi connectivity index (χ0) is 14.0. The van der Waals surface area contributed by atoms with E-state index in [0.717, 1.165) is 12.3 Å². The number of benzene rings is 1. The molecule has 0 aliphatic rings. The van der Waals surface area contributed by atoms with Gasteiger partial charge in [-0.1, -0.05) is 15.9 Å². The first-order valence-electron chi connectivity index (χ1n) is 5.08. The van der Waals surface area contributed by atoms with E-state index in [1.54, 1.807) is 0 Å². The molecule has 98 valence electrons. The number of ether oxygens (including phenoxy) is 1. The van der Waals surface area contributed by atoms with Gasteiger partial charge in [0.1, 0.15) is 11.6 Å². The second-order valence-corrected chi connectivity index (χ2v) is 4.55. The predicted molar refractivity (Wildman–Crippen MR) is 69.8 cm³/mol. The first kappa shape index (κ1) is 13.3. The van der Waals surface area contributed by atoms with Gasteiger partial charge in [-0.05, 0) is 18.2 Å². The summed E-state index contributed by atoms with van der Waals surface area (Å²) in [6.07, 6.45) is 1.11. The van der Waals surface area contributed by atoms with Gasteiger partial charge in [0.25, 0.3) is 0 Å². The summed E-state index contributed by atoms with van der Waals surface area (Å²) in [4.78, 5) is 14.5. The zero-order valence-corrected chi connectivity index (χ0v) is 11.0. The summed E-state index contributed by atoms with van der Waals surface area (Å²) in [7, 11) is 0. The first-order valence-corrected chi connectivity index (χ1v) is 5.88. The largest absolute Gasteiger partial charge is 0.478 e. The van der Waals surface area contributed by atoms with Crippen LogP contribution >= 0.6 is 15.9 Å². The van der Waals surface area contributed by atoms with Crippen LogP contribution in [0.3, 0.4) is 0 Å². The van der Waals surface area contributed by atoms with Crippen LogP contribution in [0.2, 0.25) is 0 Å². The van der Waals surface area contributed by atoms with Gasteiger partial charge >= 0.3 is 5.97 Å². The molecule has 0 radical (unpaired) electrons. The highest BCUT2D eigenvalue weighted by atomic mass is 79.9. The van der Waals surface area contributed by atoms with Crippen LogP contribution in [0, 0.1) is 5.82 Å². The van der Waals surface area contributed by atoms with Gasteiger partial charge in [0.15, 0.2) is 0 Å². The summed E-state index contributed by atoms with van der Waals surface area (Å²) < 4.78 is 19.0. The van der Waals surface area contributed by atoms with E-state index in [1.807, 2.05) is 0 Å². The van der Waals surface area contributed by atoms with Crippen molar-refractivity contribution in [3.8, 4) is 11.6 Å². The number of anilines is 1. The molecule has 19 heavy (non-hydrogen) atoms. The summed E-state index contributed by atoms with van der Waals surface area (Å²) >= 11 is 3.13. The number of halogens is 2. The molecule has 0 aliphatic carbocycles. The van der Waals surface area contributed by atoms with Crippen molar-refractivity contribution in [3.05, 3.63) is 46.3 Å². The number of nitrogen functional groups attached to an aromatic ring is 1. The Morgan fingerprint density at radius 2 is 2.11 bits per heavy atom. The molecule has 2 rings (SSSR count). The smallest absolute Gasteiger partial charge is 0.337 e. The number of nitrogens with two attached hydrogens (primary N) is 1. The molecule has 0 unspecified atom stereocenters. The third-order valence-electron chi connectivity index (χ3n) is 2.18. The number of hydrogen-bond acceptors (Lipinski definition) is 4. The second-order valence-electron chi connectivity index (χ2n) is 3.63. The topological polar surface area (TPSA) is 85.4 Å². The van der Waals surface area contributed by atoms with E-state index < -0.39 is 11.8 Å². The van der Waals surface area contributed by atoms with Crippen LogP contribution in [0.15, 0.2) is 34.9 Å². The predicted octanol–water partition coefficient (Wildman–Crippen LogP) is 3.06. The van der Waals surface area contributed by atoms with E-state index >= 15 is 0 Å². The zero-order valence-electron chi connectivity index (χ0n) is 9.43. The number of carbonyl (C=O) groups is 1. The number of pyridine rings is 1. The molecule has 0 saturated carbocycles. The van der Waals surface area contributed by atoms with E-state index in [9.17, 15) is 9.18 Å². The van der Waals surface area contributed by atoms with Crippen molar-refractivity contribution in [2.75, 3.05) is 5.73 Å². The number of carboxylic acids is 1. The molecule has 0 saturated heterocycles. The lowest BCUT2D eigenvalue weighted by Gasteiger charge is -2.08. The fourth-order valence-corrected chi connectivity index (χ4v) is 1.81. The van der Waals surface area contributed by atoms with Crippen molar-refractivity contribution in [1.82, 2.24) is 4.98 Å². The number of aromatic nitrogens is 1. The number of carboxylic acid groups (broad SMARTS) is 1. The Morgan fingerprint density at radius 3 is 2.68 bits per heavy atom. The number of hydrogen-bond donors (Lipinski definition) is 2. The normalized spacial score (nSPS) is 10.2. The lowest BCUT2D eigenvalue weighted by Crippen LogP contribution is -2.01. The van der Waals surface area contributed by atoms with Gasteiger partial charge in [-0.15, -0.1) is 0 Å². The summed E-state index contributed by atoms with van der Waals surface area (Å²) in [5.41, 5.74) is 5.63. The van der Waals surface area contributed by atoms with Crippen LogP contribution < -0.4 is 10.5 Å². The van der Waals surface area contributed by atoms with Gasteiger partial charge in [-0.25, -0.2) is 14.2 Å². The maximum absolute atomic E-state index is 13.2. The molecule has 5 nitrogen and oxygen atoms in total. The maximum atomic E-state index is 13.2. The van der Waals surface area contributed by atoms with Crippen LogP contribution in [-0.4, -0.2) is 16.1 Å². The fourth-order valence-electron chi connectivity index (χ4n) is 1.37. The summed E-state index contributed by atoms with van der Waals surface area (Å²) in [6.45, 7) is 0. The Bertz CT molecular complexity index is 629. The second kappa shape index (κ2) is 5.23. The monoisotopic (exact) mass is 326 g/mol. The molecule has 1 aromatic carbocycles. The molecule has 1 aromatic heterocycles. The van der Waals surface area contributed by atoms with Crippen molar-refractivity contribution in [2.45, 2.75) is 0 Å². The Kier molecular flexibility index (Phi) is 3.66. The standard InChI is InChI=1S/C12H8BrFN2O3/c13-7-2-8(14)4-9(3-7)19-11-10(15)1-6(5-16-11)12(17)18/h1-5H,15H2,(H,17,18). The Balaban J connectivity index is 2.30. The third-order valence-corrected chi connectivity index (χ3v) is 2.63. The van der Waals surface area contributed by atoms with Crippen LogP contribution in [0.25, 0.3) is 0 Å². The quantitative estimate of drug-likeness (QED) is 0.905. The van der Waals surface area contributed by atoms with E-state index in [4.69, 9.17) is 15.6 Å². The van der Waals surface area contributed by atoms with Gasteiger partial charge in [0.2, 0.25) is 5.88 Å².